The van der Waals surface area contributed by atoms with Crippen LogP contribution in [0.4, 0.5) is 4.79 Å². The number of amides is 2. The molecule has 2 amide bonds. The quantitative estimate of drug-likeness (QED) is 0.702. The van der Waals surface area contributed by atoms with Gasteiger partial charge in [-0.25, -0.2) is 4.79 Å². The van der Waals surface area contributed by atoms with E-state index in [1.807, 2.05) is 0 Å². The summed E-state index contributed by atoms with van der Waals surface area (Å²) in [6, 6.07) is -0.747. The van der Waals surface area contributed by atoms with Crippen LogP contribution in [0.15, 0.2) is 0 Å². The molecule has 1 heterocycles. The molecule has 0 aromatic heterocycles. The first-order chi connectivity index (χ1) is 9.00. The Kier molecular flexibility index (Phi) is 4.29. The van der Waals surface area contributed by atoms with Crippen molar-refractivity contribution in [3.8, 4) is 0 Å². The number of carbonyl (C=O) groups excluding carboxylic acids is 1. The molecular weight excluding hydrogens is 246 g/mol. The van der Waals surface area contributed by atoms with Gasteiger partial charge in [0.1, 0.15) is 0 Å². The lowest BCUT2D eigenvalue weighted by Crippen LogP contribution is -2.60. The van der Waals surface area contributed by atoms with Gasteiger partial charge in [0.05, 0.1) is 6.04 Å². The first kappa shape index (κ1) is 14.1. The summed E-state index contributed by atoms with van der Waals surface area (Å²) >= 11 is 0. The van der Waals surface area contributed by atoms with Crippen molar-refractivity contribution in [3.63, 3.8) is 0 Å². The lowest BCUT2D eigenvalue weighted by molar-refractivity contribution is -0.119. The van der Waals surface area contributed by atoms with Crippen molar-refractivity contribution in [3.05, 3.63) is 0 Å². The number of nitrogens with two attached hydrogens (primary N) is 2. The molecule has 0 spiro atoms. The number of piperidine rings is 1. The fraction of sp³-hybridized carbons (Fsp3) is 0.846. The van der Waals surface area contributed by atoms with Crippen molar-refractivity contribution < 1.29 is 14.7 Å². The van der Waals surface area contributed by atoms with Crippen LogP contribution in [0.25, 0.3) is 0 Å². The maximum Gasteiger partial charge on any atom is 0.407 e. The molecule has 108 valence electrons. The molecule has 0 radical (unpaired) electrons. The third kappa shape index (κ3) is 3.00. The number of fused-ring (bicyclic) bond motifs is 1. The number of primary amides is 1. The normalized spacial score (nSPS) is 32.5. The zero-order chi connectivity index (χ0) is 14.0. The zero-order valence-electron chi connectivity index (χ0n) is 11.1. The number of carbonyl (C=O) groups is 2. The van der Waals surface area contributed by atoms with Gasteiger partial charge in [-0.2, -0.15) is 0 Å². The number of likely N-dealkylation sites (tertiary alicyclic amines) is 1. The molecule has 6 nitrogen and oxygen atoms in total. The highest BCUT2D eigenvalue weighted by atomic mass is 16.4. The Hall–Kier alpha value is -1.30. The molecule has 2 fully saturated rings. The van der Waals surface area contributed by atoms with Crippen LogP contribution in [0.3, 0.4) is 0 Å². The molecule has 0 bridgehead atoms. The van der Waals surface area contributed by atoms with E-state index in [1.165, 1.54) is 11.3 Å². The van der Waals surface area contributed by atoms with Crippen LogP contribution in [0, 0.1) is 11.8 Å². The Morgan fingerprint density at radius 1 is 1.26 bits per heavy atom. The summed E-state index contributed by atoms with van der Waals surface area (Å²) in [5.41, 5.74) is 11.3. The van der Waals surface area contributed by atoms with Gasteiger partial charge >= 0.3 is 6.09 Å². The Bertz CT molecular complexity index is 361. The van der Waals surface area contributed by atoms with Crippen LogP contribution < -0.4 is 11.5 Å². The summed E-state index contributed by atoms with van der Waals surface area (Å²) in [6.07, 6.45) is 4.52. The van der Waals surface area contributed by atoms with Crippen LogP contribution in [-0.2, 0) is 4.79 Å². The monoisotopic (exact) mass is 269 g/mol. The van der Waals surface area contributed by atoms with E-state index in [0.717, 1.165) is 25.7 Å². The number of nitrogens with zero attached hydrogens (tertiary/aromatic N) is 1. The maximum absolute atomic E-state index is 11.4. The van der Waals surface area contributed by atoms with E-state index in [4.69, 9.17) is 11.5 Å². The average molecular weight is 269 g/mol. The molecule has 6 heteroatoms. The predicted octanol–water partition coefficient (Wildman–Crippen LogP) is 0.748. The summed E-state index contributed by atoms with van der Waals surface area (Å²) in [5, 5.41) is 9.34. The molecular formula is C13H23N3O3. The molecule has 1 aliphatic heterocycles. The molecule has 19 heavy (non-hydrogen) atoms. The fourth-order valence-electron chi connectivity index (χ4n) is 3.85. The fourth-order valence-corrected chi connectivity index (χ4v) is 3.85. The van der Waals surface area contributed by atoms with Crippen molar-refractivity contribution in [1.82, 2.24) is 4.90 Å². The van der Waals surface area contributed by atoms with Crippen molar-refractivity contribution in [2.24, 2.45) is 23.3 Å². The lowest BCUT2D eigenvalue weighted by Gasteiger charge is -2.48. The lowest BCUT2D eigenvalue weighted by atomic mass is 9.69. The molecule has 1 saturated heterocycles. The Morgan fingerprint density at radius 2 is 1.95 bits per heavy atom. The van der Waals surface area contributed by atoms with Gasteiger partial charge in [0.25, 0.3) is 0 Å². The van der Waals surface area contributed by atoms with Gasteiger partial charge in [0.2, 0.25) is 5.91 Å². The second-order valence-electron chi connectivity index (χ2n) is 5.80. The van der Waals surface area contributed by atoms with Gasteiger partial charge in [0, 0.05) is 19.0 Å². The molecule has 0 aromatic carbocycles. The van der Waals surface area contributed by atoms with Crippen molar-refractivity contribution in [1.29, 1.82) is 0 Å². The highest BCUT2D eigenvalue weighted by Gasteiger charge is 2.43. The van der Waals surface area contributed by atoms with Gasteiger partial charge in [-0.1, -0.05) is 19.3 Å². The van der Waals surface area contributed by atoms with Gasteiger partial charge in [-0.3, -0.25) is 4.79 Å². The molecule has 0 aromatic rings. The van der Waals surface area contributed by atoms with E-state index < -0.39 is 18.0 Å². The van der Waals surface area contributed by atoms with Gasteiger partial charge in [0.15, 0.2) is 0 Å². The summed E-state index contributed by atoms with van der Waals surface area (Å²) in [5.74, 6) is 0.372. The van der Waals surface area contributed by atoms with Crippen LogP contribution in [0.2, 0.25) is 0 Å². The van der Waals surface area contributed by atoms with Crippen molar-refractivity contribution >= 4 is 12.0 Å². The van der Waals surface area contributed by atoms with Crippen LogP contribution in [-0.4, -0.2) is 40.6 Å². The number of rotatable bonds is 3. The molecule has 2 aliphatic rings. The highest BCUT2D eigenvalue weighted by Crippen LogP contribution is 2.41. The second-order valence-corrected chi connectivity index (χ2v) is 5.80. The first-order valence-corrected chi connectivity index (χ1v) is 7.04. The van der Waals surface area contributed by atoms with Crippen LogP contribution in [0.5, 0.6) is 0 Å². The third-order valence-electron chi connectivity index (χ3n) is 4.63. The SMILES string of the molecule is NC(=O)CC(N)C1C2CCCCC2CCN1C(=O)O. The van der Waals surface area contributed by atoms with Gasteiger partial charge < -0.3 is 21.5 Å². The second kappa shape index (κ2) is 5.77. The summed E-state index contributed by atoms with van der Waals surface area (Å²) in [4.78, 5) is 23.9. The molecule has 2 rings (SSSR count). The van der Waals surface area contributed by atoms with E-state index in [0.29, 0.717) is 12.5 Å². The standard InChI is InChI=1S/C13H23N3O3/c14-10(7-11(15)17)12-9-4-2-1-3-8(9)5-6-16(12)13(18)19/h8-10,12H,1-7,14H2,(H2,15,17)(H,18,19). The average Bonchev–Trinajstić information content (AvgIpc) is 2.36. The minimum Gasteiger partial charge on any atom is -0.465 e. The van der Waals surface area contributed by atoms with E-state index in [1.54, 1.807) is 0 Å². The van der Waals surface area contributed by atoms with E-state index in [-0.39, 0.29) is 18.4 Å². The minimum absolute atomic E-state index is 0.0532. The minimum atomic E-state index is -0.936. The number of hydrogen-bond donors (Lipinski definition) is 3. The Labute approximate surface area is 113 Å². The van der Waals surface area contributed by atoms with Crippen LogP contribution in [0.1, 0.15) is 38.5 Å². The van der Waals surface area contributed by atoms with Gasteiger partial charge in [-0.05, 0) is 24.7 Å². The predicted molar refractivity (Wildman–Crippen MR) is 70.4 cm³/mol. The highest BCUT2D eigenvalue weighted by molar-refractivity contribution is 5.74. The summed E-state index contributed by atoms with van der Waals surface area (Å²) < 4.78 is 0. The Morgan fingerprint density at radius 3 is 2.58 bits per heavy atom. The third-order valence-corrected chi connectivity index (χ3v) is 4.63. The Balaban J connectivity index is 2.18. The largest absolute Gasteiger partial charge is 0.465 e. The number of hydrogen-bond acceptors (Lipinski definition) is 3. The number of carboxylic acid groups (broad SMARTS) is 1. The van der Waals surface area contributed by atoms with Gasteiger partial charge in [-0.15, -0.1) is 0 Å². The smallest absolute Gasteiger partial charge is 0.407 e. The molecule has 4 atom stereocenters. The van der Waals surface area contributed by atoms with Crippen molar-refractivity contribution in [2.75, 3.05) is 6.54 Å². The summed E-state index contributed by atoms with van der Waals surface area (Å²) in [7, 11) is 0. The van der Waals surface area contributed by atoms with Crippen molar-refractivity contribution in [2.45, 2.75) is 50.6 Å². The molecule has 1 aliphatic carbocycles. The molecule has 1 saturated carbocycles. The first-order valence-electron chi connectivity index (χ1n) is 7.04. The van der Waals surface area contributed by atoms with E-state index >= 15 is 0 Å². The van der Waals surface area contributed by atoms with E-state index in [9.17, 15) is 14.7 Å². The molecule has 4 unspecified atom stereocenters. The summed E-state index contributed by atoms with van der Waals surface area (Å²) in [6.45, 7) is 0.521. The maximum atomic E-state index is 11.4. The zero-order valence-corrected chi connectivity index (χ0v) is 11.1. The van der Waals surface area contributed by atoms with E-state index in [2.05, 4.69) is 0 Å². The topological polar surface area (TPSA) is 110 Å². The van der Waals surface area contributed by atoms with Crippen LogP contribution >= 0.6 is 0 Å². The molecule has 5 N–H and O–H groups in total.